The lowest BCUT2D eigenvalue weighted by Crippen LogP contribution is -2.07. The van der Waals surface area contributed by atoms with Crippen molar-refractivity contribution in [1.82, 2.24) is 0 Å². The molecule has 1 aliphatic rings. The number of benzene rings is 1. The van der Waals surface area contributed by atoms with Crippen molar-refractivity contribution in [2.75, 3.05) is 7.11 Å². The first-order valence-electron chi connectivity index (χ1n) is 5.81. The van der Waals surface area contributed by atoms with E-state index in [0.29, 0.717) is 12.2 Å². The maximum atomic E-state index is 11.7. The van der Waals surface area contributed by atoms with Crippen LogP contribution in [0.5, 0.6) is 11.5 Å². The van der Waals surface area contributed by atoms with Gasteiger partial charge in [0.25, 0.3) is 0 Å². The molecule has 3 heteroatoms. The highest BCUT2D eigenvalue weighted by atomic mass is 16.5. The molecule has 1 aromatic carbocycles. The van der Waals surface area contributed by atoms with Crippen molar-refractivity contribution in [3.05, 3.63) is 29.3 Å². The summed E-state index contributed by atoms with van der Waals surface area (Å²) in [6.45, 7) is 0. The van der Waals surface area contributed by atoms with Crippen molar-refractivity contribution in [2.45, 2.75) is 25.7 Å². The Hall–Kier alpha value is -1.77. The standard InChI is InChI=1S/C14H16O3/c1-17-14-9-10(6-7-13(14)16)8-11-4-2-3-5-12(11)15/h6-9,16H,2-5H2,1H3/b11-8-. The van der Waals surface area contributed by atoms with Crippen LogP contribution in [0.15, 0.2) is 23.8 Å². The van der Waals surface area contributed by atoms with Gasteiger partial charge in [-0.05, 0) is 48.6 Å². The van der Waals surface area contributed by atoms with Crippen LogP contribution in [0, 0.1) is 0 Å². The van der Waals surface area contributed by atoms with E-state index >= 15 is 0 Å². The minimum Gasteiger partial charge on any atom is -0.504 e. The molecule has 3 nitrogen and oxygen atoms in total. The van der Waals surface area contributed by atoms with Gasteiger partial charge in [0.15, 0.2) is 17.3 Å². The van der Waals surface area contributed by atoms with E-state index in [0.717, 1.165) is 30.4 Å². The molecule has 0 unspecified atom stereocenters. The van der Waals surface area contributed by atoms with E-state index in [1.54, 1.807) is 18.2 Å². The minimum atomic E-state index is 0.115. The number of carbonyl (C=O) groups excluding carboxylic acids is 1. The second kappa shape index (κ2) is 5.04. The molecule has 0 atom stereocenters. The van der Waals surface area contributed by atoms with Gasteiger partial charge in [-0.3, -0.25) is 4.79 Å². The van der Waals surface area contributed by atoms with E-state index in [9.17, 15) is 9.90 Å². The molecule has 1 saturated carbocycles. The van der Waals surface area contributed by atoms with Crippen LogP contribution in [-0.4, -0.2) is 18.0 Å². The van der Waals surface area contributed by atoms with Crippen molar-refractivity contribution in [3.63, 3.8) is 0 Å². The van der Waals surface area contributed by atoms with Gasteiger partial charge in [-0.1, -0.05) is 6.07 Å². The average molecular weight is 232 g/mol. The molecule has 0 bridgehead atoms. The minimum absolute atomic E-state index is 0.115. The normalized spacial score (nSPS) is 18.4. The van der Waals surface area contributed by atoms with Gasteiger partial charge in [0.1, 0.15) is 0 Å². The van der Waals surface area contributed by atoms with Gasteiger partial charge in [0.2, 0.25) is 0 Å². The predicted molar refractivity (Wildman–Crippen MR) is 66.1 cm³/mol. The zero-order valence-electron chi connectivity index (χ0n) is 9.90. The molecule has 0 amide bonds. The van der Waals surface area contributed by atoms with Gasteiger partial charge in [-0.2, -0.15) is 0 Å². The average Bonchev–Trinajstić information content (AvgIpc) is 2.34. The highest BCUT2D eigenvalue weighted by molar-refractivity contribution is 6.00. The number of aromatic hydroxyl groups is 1. The molecular weight excluding hydrogens is 216 g/mol. The van der Waals surface area contributed by atoms with Crippen LogP contribution in [0.25, 0.3) is 6.08 Å². The fourth-order valence-electron chi connectivity index (χ4n) is 2.04. The Morgan fingerprint density at radius 3 is 2.76 bits per heavy atom. The third-order valence-corrected chi connectivity index (χ3v) is 3.00. The summed E-state index contributed by atoms with van der Waals surface area (Å²) in [7, 11) is 1.51. The summed E-state index contributed by atoms with van der Waals surface area (Å²) in [5.74, 6) is 0.788. The highest BCUT2D eigenvalue weighted by Gasteiger charge is 2.14. The topological polar surface area (TPSA) is 46.5 Å². The predicted octanol–water partition coefficient (Wildman–Crippen LogP) is 2.93. The van der Waals surface area contributed by atoms with Crippen molar-refractivity contribution >= 4 is 11.9 Å². The number of hydrogen-bond acceptors (Lipinski definition) is 3. The SMILES string of the molecule is COc1cc(/C=C2/CCCCC2=O)ccc1O. The van der Waals surface area contributed by atoms with Gasteiger partial charge in [0, 0.05) is 6.42 Å². The summed E-state index contributed by atoms with van der Waals surface area (Å²) in [5.41, 5.74) is 1.77. The summed E-state index contributed by atoms with van der Waals surface area (Å²) in [6, 6.07) is 5.11. The van der Waals surface area contributed by atoms with Crippen molar-refractivity contribution in [1.29, 1.82) is 0 Å². The van der Waals surface area contributed by atoms with Crippen LogP contribution < -0.4 is 4.74 Å². The summed E-state index contributed by atoms with van der Waals surface area (Å²) >= 11 is 0. The number of phenolic OH excluding ortho intramolecular Hbond substituents is 1. The summed E-state index contributed by atoms with van der Waals surface area (Å²) in [6.07, 6.45) is 5.47. The fourth-order valence-corrected chi connectivity index (χ4v) is 2.04. The number of Topliss-reactive ketones (excluding diaryl/α,β-unsaturated/α-hetero) is 1. The summed E-state index contributed by atoms with van der Waals surface area (Å²) < 4.78 is 5.04. The first-order chi connectivity index (χ1) is 8.20. The largest absolute Gasteiger partial charge is 0.504 e. The van der Waals surface area contributed by atoms with E-state index in [-0.39, 0.29) is 11.5 Å². The number of ketones is 1. The van der Waals surface area contributed by atoms with Gasteiger partial charge >= 0.3 is 0 Å². The molecule has 1 N–H and O–H groups in total. The Morgan fingerprint density at radius 1 is 1.29 bits per heavy atom. The van der Waals surface area contributed by atoms with E-state index in [2.05, 4.69) is 0 Å². The zero-order chi connectivity index (χ0) is 12.3. The molecule has 17 heavy (non-hydrogen) atoms. The number of methoxy groups -OCH3 is 1. The van der Waals surface area contributed by atoms with Crippen molar-refractivity contribution < 1.29 is 14.6 Å². The Balaban J connectivity index is 2.28. The van der Waals surface area contributed by atoms with Crippen LogP contribution in [0.1, 0.15) is 31.2 Å². The van der Waals surface area contributed by atoms with Crippen molar-refractivity contribution in [2.24, 2.45) is 0 Å². The Bertz CT molecular complexity index is 461. The van der Waals surface area contributed by atoms with E-state index < -0.39 is 0 Å². The van der Waals surface area contributed by atoms with E-state index in [4.69, 9.17) is 4.74 Å². The van der Waals surface area contributed by atoms with Crippen LogP contribution in [0.3, 0.4) is 0 Å². The van der Waals surface area contributed by atoms with Gasteiger partial charge in [-0.15, -0.1) is 0 Å². The quantitative estimate of drug-likeness (QED) is 0.797. The highest BCUT2D eigenvalue weighted by Crippen LogP contribution is 2.28. The molecular formula is C14H16O3. The number of ether oxygens (including phenoxy) is 1. The summed E-state index contributed by atoms with van der Waals surface area (Å²) in [5, 5.41) is 9.48. The Morgan fingerprint density at radius 2 is 2.06 bits per heavy atom. The Kier molecular flexibility index (Phi) is 3.47. The van der Waals surface area contributed by atoms with Crippen LogP contribution >= 0.6 is 0 Å². The smallest absolute Gasteiger partial charge is 0.161 e. The zero-order valence-corrected chi connectivity index (χ0v) is 9.90. The molecule has 0 aliphatic heterocycles. The maximum Gasteiger partial charge on any atom is 0.161 e. The number of rotatable bonds is 2. The molecule has 2 rings (SSSR count). The first kappa shape index (κ1) is 11.7. The van der Waals surface area contributed by atoms with Crippen LogP contribution in [-0.2, 0) is 4.79 Å². The van der Waals surface area contributed by atoms with Gasteiger partial charge in [0.05, 0.1) is 7.11 Å². The molecule has 0 aromatic heterocycles. The number of allylic oxidation sites excluding steroid dienone is 1. The van der Waals surface area contributed by atoms with Gasteiger partial charge in [-0.25, -0.2) is 0 Å². The van der Waals surface area contributed by atoms with Crippen molar-refractivity contribution in [3.8, 4) is 11.5 Å². The van der Waals surface area contributed by atoms with E-state index in [1.807, 2.05) is 6.08 Å². The molecule has 0 heterocycles. The molecule has 1 fully saturated rings. The molecule has 0 saturated heterocycles. The van der Waals surface area contributed by atoms with Crippen LogP contribution in [0.2, 0.25) is 0 Å². The molecule has 90 valence electrons. The summed E-state index contributed by atoms with van der Waals surface area (Å²) in [4.78, 5) is 11.7. The third kappa shape index (κ3) is 2.67. The van der Waals surface area contributed by atoms with E-state index in [1.165, 1.54) is 7.11 Å². The van der Waals surface area contributed by atoms with Gasteiger partial charge < -0.3 is 9.84 Å². The fraction of sp³-hybridized carbons (Fsp3) is 0.357. The molecule has 1 aromatic rings. The van der Waals surface area contributed by atoms with Crippen LogP contribution in [0.4, 0.5) is 0 Å². The third-order valence-electron chi connectivity index (χ3n) is 3.00. The lowest BCUT2D eigenvalue weighted by atomic mass is 9.92. The lowest BCUT2D eigenvalue weighted by Gasteiger charge is -2.12. The molecule has 0 radical (unpaired) electrons. The Labute approximate surface area is 101 Å². The second-order valence-corrected chi connectivity index (χ2v) is 4.23. The number of phenols is 1. The number of hydrogen-bond donors (Lipinski definition) is 1. The monoisotopic (exact) mass is 232 g/mol. The molecule has 1 aliphatic carbocycles. The second-order valence-electron chi connectivity index (χ2n) is 4.23. The first-order valence-corrected chi connectivity index (χ1v) is 5.81. The lowest BCUT2D eigenvalue weighted by molar-refractivity contribution is -0.116. The number of carbonyl (C=O) groups is 1. The molecule has 0 spiro atoms. The maximum absolute atomic E-state index is 11.7.